The molecule has 0 atom stereocenters. The number of halogens is 2. The maximum absolute atomic E-state index is 14.5. The van der Waals surface area contributed by atoms with Gasteiger partial charge in [0.2, 0.25) is 5.91 Å². The van der Waals surface area contributed by atoms with E-state index in [0.29, 0.717) is 10.7 Å². The molecule has 0 fully saturated rings. The predicted molar refractivity (Wildman–Crippen MR) is 117 cm³/mol. The number of nitrogens with one attached hydrogen (secondary N) is 1. The second-order valence-electron chi connectivity index (χ2n) is 6.78. The van der Waals surface area contributed by atoms with E-state index in [1.54, 1.807) is 37.3 Å². The number of anilines is 2. The molecule has 0 aliphatic heterocycles. The standard InChI is InChI=1S/C22H20ClFN2O3S/c1-15-7-11-18(12-8-15)30(28,29)26(21-6-4-3-5-19(21)24)14-22(27)25-20-13-17(23)10-9-16(20)2/h3-13H,14H2,1-2H3,(H,25,27). The van der Waals surface area contributed by atoms with Gasteiger partial charge in [-0.25, -0.2) is 12.8 Å². The number of hydrogen-bond acceptors (Lipinski definition) is 3. The van der Waals surface area contributed by atoms with Crippen molar-refractivity contribution in [1.82, 2.24) is 0 Å². The molecule has 0 heterocycles. The smallest absolute Gasteiger partial charge is 0.264 e. The molecule has 0 aliphatic rings. The number of para-hydroxylation sites is 1. The van der Waals surface area contributed by atoms with Crippen molar-refractivity contribution in [2.75, 3.05) is 16.2 Å². The zero-order chi connectivity index (χ0) is 21.9. The topological polar surface area (TPSA) is 66.5 Å². The van der Waals surface area contributed by atoms with E-state index in [0.717, 1.165) is 21.5 Å². The first kappa shape index (κ1) is 21.8. The van der Waals surface area contributed by atoms with Crippen LogP contribution in [-0.4, -0.2) is 20.9 Å². The van der Waals surface area contributed by atoms with E-state index < -0.39 is 28.3 Å². The summed E-state index contributed by atoms with van der Waals surface area (Å²) in [5.41, 5.74) is 1.87. The van der Waals surface area contributed by atoms with Crippen molar-refractivity contribution >= 4 is 38.9 Å². The van der Waals surface area contributed by atoms with Crippen LogP contribution in [0.3, 0.4) is 0 Å². The van der Waals surface area contributed by atoms with E-state index in [2.05, 4.69) is 5.32 Å². The van der Waals surface area contributed by atoms with Crippen molar-refractivity contribution in [1.29, 1.82) is 0 Å². The van der Waals surface area contributed by atoms with Crippen molar-refractivity contribution in [3.63, 3.8) is 0 Å². The fourth-order valence-electron chi connectivity index (χ4n) is 2.84. The minimum absolute atomic E-state index is 0.0388. The molecule has 3 rings (SSSR count). The molecule has 5 nitrogen and oxygen atoms in total. The highest BCUT2D eigenvalue weighted by Crippen LogP contribution is 2.27. The van der Waals surface area contributed by atoms with Crippen LogP contribution in [0.5, 0.6) is 0 Å². The number of aryl methyl sites for hydroxylation is 2. The quantitative estimate of drug-likeness (QED) is 0.583. The Hall–Kier alpha value is -2.90. The number of hydrogen-bond donors (Lipinski definition) is 1. The lowest BCUT2D eigenvalue weighted by Crippen LogP contribution is -2.38. The average molecular weight is 447 g/mol. The molecule has 0 saturated carbocycles. The van der Waals surface area contributed by atoms with E-state index in [4.69, 9.17) is 11.6 Å². The molecule has 0 bridgehead atoms. The van der Waals surface area contributed by atoms with Gasteiger partial charge in [-0.1, -0.05) is 47.5 Å². The number of nitrogens with zero attached hydrogens (tertiary/aromatic N) is 1. The molecular formula is C22H20ClFN2O3S. The van der Waals surface area contributed by atoms with Gasteiger partial charge in [-0.05, 0) is 55.8 Å². The summed E-state index contributed by atoms with van der Waals surface area (Å²) in [4.78, 5) is 12.7. The van der Waals surface area contributed by atoms with Crippen LogP contribution in [0.2, 0.25) is 5.02 Å². The van der Waals surface area contributed by atoms with E-state index in [1.165, 1.54) is 30.3 Å². The molecule has 0 radical (unpaired) electrons. The van der Waals surface area contributed by atoms with E-state index in [9.17, 15) is 17.6 Å². The zero-order valence-corrected chi connectivity index (χ0v) is 18.0. The first-order valence-corrected chi connectivity index (χ1v) is 10.9. The second-order valence-corrected chi connectivity index (χ2v) is 9.08. The Kier molecular flexibility index (Phi) is 6.43. The Labute approximate surface area is 180 Å². The Morgan fingerprint density at radius 3 is 2.37 bits per heavy atom. The fraction of sp³-hybridized carbons (Fsp3) is 0.136. The summed E-state index contributed by atoms with van der Waals surface area (Å²) in [5, 5.41) is 3.08. The van der Waals surface area contributed by atoms with Gasteiger partial charge in [0.15, 0.2) is 0 Å². The van der Waals surface area contributed by atoms with Crippen LogP contribution in [0, 0.1) is 19.7 Å². The first-order valence-electron chi connectivity index (χ1n) is 9.08. The van der Waals surface area contributed by atoms with E-state index in [1.807, 2.05) is 6.92 Å². The normalized spacial score (nSPS) is 11.2. The van der Waals surface area contributed by atoms with Gasteiger partial charge in [0.05, 0.1) is 10.6 Å². The van der Waals surface area contributed by atoms with Crippen molar-refractivity contribution in [2.45, 2.75) is 18.7 Å². The third kappa shape index (κ3) is 4.80. The van der Waals surface area contributed by atoms with Gasteiger partial charge in [0.1, 0.15) is 12.4 Å². The summed E-state index contributed by atoms with van der Waals surface area (Å²) >= 11 is 5.98. The molecule has 156 valence electrons. The largest absolute Gasteiger partial charge is 0.324 e. The Bertz CT molecular complexity index is 1180. The van der Waals surface area contributed by atoms with Crippen molar-refractivity contribution < 1.29 is 17.6 Å². The molecule has 1 N–H and O–H groups in total. The molecule has 3 aromatic rings. The summed E-state index contributed by atoms with van der Waals surface area (Å²) in [5.74, 6) is -1.38. The lowest BCUT2D eigenvalue weighted by molar-refractivity contribution is -0.114. The van der Waals surface area contributed by atoms with Gasteiger partial charge in [-0.15, -0.1) is 0 Å². The van der Waals surface area contributed by atoms with E-state index in [-0.39, 0.29) is 10.6 Å². The number of amides is 1. The monoisotopic (exact) mass is 446 g/mol. The van der Waals surface area contributed by atoms with Crippen LogP contribution in [0.1, 0.15) is 11.1 Å². The number of carbonyl (C=O) groups is 1. The maximum Gasteiger partial charge on any atom is 0.264 e. The molecule has 0 spiro atoms. The molecule has 0 saturated heterocycles. The lowest BCUT2D eigenvalue weighted by Gasteiger charge is -2.24. The highest BCUT2D eigenvalue weighted by molar-refractivity contribution is 7.92. The van der Waals surface area contributed by atoms with Crippen LogP contribution >= 0.6 is 11.6 Å². The van der Waals surface area contributed by atoms with Crippen LogP contribution in [-0.2, 0) is 14.8 Å². The SMILES string of the molecule is Cc1ccc(S(=O)(=O)N(CC(=O)Nc2cc(Cl)ccc2C)c2ccccc2F)cc1. The number of rotatable bonds is 6. The van der Waals surface area contributed by atoms with Crippen LogP contribution in [0.25, 0.3) is 0 Å². The van der Waals surface area contributed by atoms with Gasteiger partial charge in [-0.3, -0.25) is 9.10 Å². The Morgan fingerprint density at radius 2 is 1.70 bits per heavy atom. The molecule has 0 aliphatic carbocycles. The van der Waals surface area contributed by atoms with Gasteiger partial charge in [0, 0.05) is 10.7 Å². The Balaban J connectivity index is 1.98. The third-order valence-corrected chi connectivity index (χ3v) is 6.50. The molecule has 8 heteroatoms. The van der Waals surface area contributed by atoms with Crippen LogP contribution < -0.4 is 9.62 Å². The number of carbonyl (C=O) groups excluding carboxylic acids is 1. The summed E-state index contributed by atoms with van der Waals surface area (Å²) in [6, 6.07) is 16.5. The highest BCUT2D eigenvalue weighted by Gasteiger charge is 2.29. The van der Waals surface area contributed by atoms with Gasteiger partial charge < -0.3 is 5.32 Å². The number of sulfonamides is 1. The summed E-state index contributed by atoms with van der Waals surface area (Å²) in [7, 11) is -4.19. The average Bonchev–Trinajstić information content (AvgIpc) is 2.70. The van der Waals surface area contributed by atoms with Gasteiger partial charge >= 0.3 is 0 Å². The molecule has 1 amide bonds. The van der Waals surface area contributed by atoms with Crippen molar-refractivity contribution in [3.8, 4) is 0 Å². The lowest BCUT2D eigenvalue weighted by atomic mass is 10.2. The minimum atomic E-state index is -4.19. The van der Waals surface area contributed by atoms with Gasteiger partial charge in [-0.2, -0.15) is 0 Å². The predicted octanol–water partition coefficient (Wildman–Crippen LogP) is 4.93. The van der Waals surface area contributed by atoms with Gasteiger partial charge in [0.25, 0.3) is 10.0 Å². The van der Waals surface area contributed by atoms with Crippen molar-refractivity contribution in [2.24, 2.45) is 0 Å². The third-order valence-electron chi connectivity index (χ3n) is 4.49. The zero-order valence-electron chi connectivity index (χ0n) is 16.4. The van der Waals surface area contributed by atoms with Crippen LogP contribution in [0.15, 0.2) is 71.6 Å². The molecule has 0 unspecified atom stereocenters. The van der Waals surface area contributed by atoms with Crippen LogP contribution in [0.4, 0.5) is 15.8 Å². The molecule has 30 heavy (non-hydrogen) atoms. The number of benzene rings is 3. The first-order chi connectivity index (χ1) is 14.2. The molecule has 3 aromatic carbocycles. The Morgan fingerprint density at radius 1 is 1.03 bits per heavy atom. The fourth-order valence-corrected chi connectivity index (χ4v) is 4.44. The molecular weight excluding hydrogens is 427 g/mol. The maximum atomic E-state index is 14.5. The summed E-state index contributed by atoms with van der Waals surface area (Å²) in [6.45, 7) is 3.00. The van der Waals surface area contributed by atoms with E-state index >= 15 is 0 Å². The second kappa shape index (κ2) is 8.85. The highest BCUT2D eigenvalue weighted by atomic mass is 35.5. The molecule has 0 aromatic heterocycles. The summed E-state index contributed by atoms with van der Waals surface area (Å²) in [6.07, 6.45) is 0. The minimum Gasteiger partial charge on any atom is -0.324 e. The van der Waals surface area contributed by atoms with Crippen molar-refractivity contribution in [3.05, 3.63) is 88.7 Å². The summed E-state index contributed by atoms with van der Waals surface area (Å²) < 4.78 is 41.8.